The van der Waals surface area contributed by atoms with Gasteiger partial charge in [-0.3, -0.25) is 19.2 Å². The van der Waals surface area contributed by atoms with Gasteiger partial charge in [0.1, 0.15) is 0 Å². The number of carbonyl (C=O) groups is 3. The molecule has 232 valence electrons. The summed E-state index contributed by atoms with van der Waals surface area (Å²) in [6.07, 6.45) is 0.293. The Kier molecular flexibility index (Phi) is 9.27. The van der Waals surface area contributed by atoms with Crippen molar-refractivity contribution in [1.82, 2.24) is 25.1 Å². The third-order valence-corrected chi connectivity index (χ3v) is 8.64. The molecule has 5 rings (SSSR count). The average Bonchev–Trinajstić information content (AvgIpc) is 3.05. The van der Waals surface area contributed by atoms with E-state index in [1.165, 1.54) is 10.6 Å². The molecule has 0 aliphatic carbocycles. The van der Waals surface area contributed by atoms with Gasteiger partial charge in [0.05, 0.1) is 34.0 Å². The molecular formula is C33H32Cl2N6O4. The lowest BCUT2D eigenvalue weighted by Gasteiger charge is -2.35. The standard InChI is InChI=1S/C33H32Cl2N6O4/c1-18-15-25-28(17-40(18)31(44)23-11-14-26(34)27(35)16-23)39-33(38-19(2)20-5-7-21(8-6-20)29(42)36-3)41(32(25)45)24-12-9-22(10-13-24)30(43)37-4/h5-14,16,18-19H,15,17H2,1-4H3,(H,36,42)(H,37,43)(H,38,39)/t18-,19+/m1/s1. The monoisotopic (exact) mass is 646 g/mol. The summed E-state index contributed by atoms with van der Waals surface area (Å²) in [5, 5.41) is 9.20. The summed E-state index contributed by atoms with van der Waals surface area (Å²) < 4.78 is 1.49. The summed E-state index contributed by atoms with van der Waals surface area (Å²) in [5.41, 5.74) is 3.45. The van der Waals surface area contributed by atoms with Crippen LogP contribution in [0.2, 0.25) is 10.0 Å². The van der Waals surface area contributed by atoms with Gasteiger partial charge in [0.15, 0.2) is 0 Å². The molecule has 0 fully saturated rings. The van der Waals surface area contributed by atoms with Gasteiger partial charge < -0.3 is 20.9 Å². The van der Waals surface area contributed by atoms with Gasteiger partial charge in [0, 0.05) is 42.4 Å². The lowest BCUT2D eigenvalue weighted by molar-refractivity contribution is 0.0653. The predicted molar refractivity (Wildman–Crippen MR) is 175 cm³/mol. The van der Waals surface area contributed by atoms with Crippen LogP contribution >= 0.6 is 23.2 Å². The smallest absolute Gasteiger partial charge is 0.263 e. The molecule has 3 amide bonds. The van der Waals surface area contributed by atoms with Crippen LogP contribution in [0.4, 0.5) is 5.95 Å². The van der Waals surface area contributed by atoms with E-state index in [4.69, 9.17) is 28.2 Å². The zero-order valence-corrected chi connectivity index (χ0v) is 26.7. The molecule has 0 unspecified atom stereocenters. The van der Waals surface area contributed by atoms with E-state index in [1.807, 2.05) is 26.0 Å². The predicted octanol–water partition coefficient (Wildman–Crippen LogP) is 5.02. The highest BCUT2D eigenvalue weighted by molar-refractivity contribution is 6.42. The van der Waals surface area contributed by atoms with Crippen LogP contribution in [-0.4, -0.2) is 52.3 Å². The van der Waals surface area contributed by atoms with Crippen molar-refractivity contribution in [3.05, 3.63) is 121 Å². The van der Waals surface area contributed by atoms with Crippen LogP contribution in [0.1, 0.15) is 67.8 Å². The Morgan fingerprint density at radius 3 is 2.02 bits per heavy atom. The largest absolute Gasteiger partial charge is 0.355 e. The summed E-state index contributed by atoms with van der Waals surface area (Å²) in [4.78, 5) is 58.5. The number of benzene rings is 3. The highest BCUT2D eigenvalue weighted by Gasteiger charge is 2.32. The molecule has 4 aromatic rings. The summed E-state index contributed by atoms with van der Waals surface area (Å²) in [7, 11) is 3.12. The van der Waals surface area contributed by atoms with Gasteiger partial charge >= 0.3 is 0 Å². The molecule has 1 aliphatic rings. The summed E-state index contributed by atoms with van der Waals surface area (Å²) >= 11 is 12.3. The lowest BCUT2D eigenvalue weighted by atomic mass is 9.98. The van der Waals surface area contributed by atoms with Crippen LogP contribution in [-0.2, 0) is 13.0 Å². The number of anilines is 1. The van der Waals surface area contributed by atoms with Gasteiger partial charge in [0.25, 0.3) is 23.3 Å². The van der Waals surface area contributed by atoms with Crippen LogP contribution in [0.3, 0.4) is 0 Å². The molecule has 2 atom stereocenters. The van der Waals surface area contributed by atoms with E-state index < -0.39 is 0 Å². The fourth-order valence-electron chi connectivity index (χ4n) is 5.31. The van der Waals surface area contributed by atoms with Gasteiger partial charge in [-0.1, -0.05) is 35.3 Å². The van der Waals surface area contributed by atoms with Crippen molar-refractivity contribution in [2.75, 3.05) is 19.4 Å². The Hall–Kier alpha value is -4.67. The second-order valence-electron chi connectivity index (χ2n) is 10.8. The number of halogens is 2. The number of hydrogen-bond acceptors (Lipinski definition) is 6. The van der Waals surface area contributed by atoms with Crippen LogP contribution in [0.25, 0.3) is 5.69 Å². The molecule has 12 heteroatoms. The Labute approximate surface area is 270 Å². The maximum Gasteiger partial charge on any atom is 0.263 e. The Morgan fingerprint density at radius 2 is 1.44 bits per heavy atom. The summed E-state index contributed by atoms with van der Waals surface area (Å²) in [6.45, 7) is 3.92. The van der Waals surface area contributed by atoms with Crippen molar-refractivity contribution in [2.24, 2.45) is 0 Å². The van der Waals surface area contributed by atoms with E-state index in [9.17, 15) is 19.2 Å². The van der Waals surface area contributed by atoms with Gasteiger partial charge in [-0.2, -0.15) is 0 Å². The number of carbonyl (C=O) groups excluding carboxylic acids is 3. The third-order valence-electron chi connectivity index (χ3n) is 7.90. The highest BCUT2D eigenvalue weighted by atomic mass is 35.5. The molecule has 45 heavy (non-hydrogen) atoms. The zero-order chi connectivity index (χ0) is 32.4. The minimum absolute atomic E-state index is 0.116. The van der Waals surface area contributed by atoms with Crippen LogP contribution < -0.4 is 21.5 Å². The van der Waals surface area contributed by atoms with Crippen molar-refractivity contribution in [1.29, 1.82) is 0 Å². The van der Waals surface area contributed by atoms with E-state index in [0.717, 1.165) is 5.56 Å². The van der Waals surface area contributed by atoms with Crippen molar-refractivity contribution >= 4 is 46.9 Å². The van der Waals surface area contributed by atoms with E-state index in [2.05, 4.69) is 16.0 Å². The first-order chi connectivity index (χ1) is 21.5. The van der Waals surface area contributed by atoms with Crippen molar-refractivity contribution < 1.29 is 14.4 Å². The number of rotatable bonds is 7. The third kappa shape index (κ3) is 6.43. The van der Waals surface area contributed by atoms with Gasteiger partial charge in [0.2, 0.25) is 5.95 Å². The molecule has 3 aromatic carbocycles. The highest BCUT2D eigenvalue weighted by Crippen LogP contribution is 2.28. The molecule has 10 nitrogen and oxygen atoms in total. The second-order valence-corrected chi connectivity index (χ2v) is 11.6. The van der Waals surface area contributed by atoms with Crippen molar-refractivity contribution in [3.63, 3.8) is 0 Å². The fourth-order valence-corrected chi connectivity index (χ4v) is 5.61. The topological polar surface area (TPSA) is 125 Å². The number of fused-ring (bicyclic) bond motifs is 1. The van der Waals surface area contributed by atoms with E-state index in [0.29, 0.717) is 45.1 Å². The van der Waals surface area contributed by atoms with Crippen LogP contribution in [0.5, 0.6) is 0 Å². The zero-order valence-electron chi connectivity index (χ0n) is 25.2. The Balaban J connectivity index is 1.55. The van der Waals surface area contributed by atoms with E-state index in [-0.39, 0.29) is 52.9 Å². The van der Waals surface area contributed by atoms with Crippen LogP contribution in [0.15, 0.2) is 71.5 Å². The minimum Gasteiger partial charge on any atom is -0.355 e. The molecular weight excluding hydrogens is 615 g/mol. The van der Waals surface area contributed by atoms with Crippen molar-refractivity contribution in [3.8, 4) is 5.69 Å². The van der Waals surface area contributed by atoms with Gasteiger partial charge in [-0.25, -0.2) is 9.55 Å². The first-order valence-corrected chi connectivity index (χ1v) is 15.1. The molecule has 0 spiro atoms. The first-order valence-electron chi connectivity index (χ1n) is 14.3. The number of nitrogens with one attached hydrogen (secondary N) is 3. The normalized spacial score (nSPS) is 14.7. The SMILES string of the molecule is CNC(=O)c1ccc([C@H](C)Nc2nc3c(c(=O)n2-c2ccc(C(=O)NC)cc2)C[C@@H](C)N(C(=O)c2ccc(Cl)c(Cl)c2)C3)cc1. The van der Waals surface area contributed by atoms with Crippen molar-refractivity contribution in [2.45, 2.75) is 38.9 Å². The molecule has 0 bridgehead atoms. The Morgan fingerprint density at radius 1 is 0.867 bits per heavy atom. The Bertz CT molecular complexity index is 1840. The number of amides is 3. The van der Waals surface area contributed by atoms with Gasteiger partial charge in [-0.05, 0) is 80.4 Å². The summed E-state index contributed by atoms with van der Waals surface area (Å²) in [5.74, 6) is -0.417. The minimum atomic E-state index is -0.318. The van der Waals surface area contributed by atoms with Crippen LogP contribution in [0, 0.1) is 0 Å². The molecule has 1 aliphatic heterocycles. The number of aromatic nitrogens is 2. The quantitative estimate of drug-likeness (QED) is 0.259. The first kappa shape index (κ1) is 31.7. The maximum atomic E-state index is 14.2. The maximum absolute atomic E-state index is 14.2. The number of nitrogens with zero attached hydrogens (tertiary/aromatic N) is 3. The molecule has 0 radical (unpaired) electrons. The van der Waals surface area contributed by atoms with Gasteiger partial charge in [-0.15, -0.1) is 0 Å². The molecule has 0 saturated carbocycles. The molecule has 2 heterocycles. The number of hydrogen-bond donors (Lipinski definition) is 3. The molecule has 0 saturated heterocycles. The summed E-state index contributed by atoms with van der Waals surface area (Å²) in [6, 6.07) is 17.9. The molecule has 1 aromatic heterocycles. The van der Waals surface area contributed by atoms with E-state index >= 15 is 0 Å². The fraction of sp³-hybridized carbons (Fsp3) is 0.242. The lowest BCUT2D eigenvalue weighted by Crippen LogP contribution is -2.46. The van der Waals surface area contributed by atoms with E-state index in [1.54, 1.807) is 67.5 Å². The average molecular weight is 648 g/mol. The molecule has 3 N–H and O–H groups in total. The second kappa shape index (κ2) is 13.1.